The first-order valence-corrected chi connectivity index (χ1v) is 5.13. The van der Waals surface area contributed by atoms with Crippen molar-refractivity contribution < 1.29 is 17.9 Å². The highest BCUT2D eigenvalue weighted by atomic mass is 79.9. The van der Waals surface area contributed by atoms with Gasteiger partial charge in [-0.15, -0.1) is 0 Å². The molecule has 0 aliphatic heterocycles. The molecule has 0 radical (unpaired) electrons. The molecule has 0 saturated heterocycles. The molecular formula is C10H10BrF3O. The van der Waals surface area contributed by atoms with Crippen molar-refractivity contribution in [2.24, 2.45) is 0 Å². The summed E-state index contributed by atoms with van der Waals surface area (Å²) in [7, 11) is 0. The Balaban J connectivity index is 3.06. The Morgan fingerprint density at radius 1 is 1.20 bits per heavy atom. The van der Waals surface area contributed by atoms with Crippen molar-refractivity contribution in [3.63, 3.8) is 0 Å². The number of halogens is 4. The molecule has 0 aliphatic rings. The predicted octanol–water partition coefficient (Wildman–Crippen LogP) is 4.26. The Hall–Kier alpha value is -0.710. The Kier molecular flexibility index (Phi) is 3.65. The van der Waals surface area contributed by atoms with Crippen molar-refractivity contribution in [1.29, 1.82) is 0 Å². The first-order chi connectivity index (χ1) is 6.79. The molecule has 0 atom stereocenters. The van der Waals surface area contributed by atoms with E-state index in [4.69, 9.17) is 4.74 Å². The SMILES string of the molecule is CC(C)Oc1cc(Br)cc(C(F)(F)F)c1. The van der Waals surface area contributed by atoms with Crippen LogP contribution in [0.3, 0.4) is 0 Å². The van der Waals surface area contributed by atoms with Crippen molar-refractivity contribution in [1.82, 2.24) is 0 Å². The molecule has 0 aliphatic carbocycles. The summed E-state index contributed by atoms with van der Waals surface area (Å²) in [6, 6.07) is 3.52. The fourth-order valence-electron chi connectivity index (χ4n) is 1.07. The van der Waals surface area contributed by atoms with Crippen LogP contribution in [0, 0.1) is 0 Å². The van der Waals surface area contributed by atoms with Crippen molar-refractivity contribution >= 4 is 15.9 Å². The third-order valence-corrected chi connectivity index (χ3v) is 2.03. The van der Waals surface area contributed by atoms with Gasteiger partial charge in [-0.3, -0.25) is 0 Å². The van der Waals surface area contributed by atoms with Crippen LogP contribution in [0.1, 0.15) is 19.4 Å². The van der Waals surface area contributed by atoms with E-state index in [-0.39, 0.29) is 11.9 Å². The minimum Gasteiger partial charge on any atom is -0.491 e. The molecule has 0 N–H and O–H groups in total. The van der Waals surface area contributed by atoms with Crippen LogP contribution in [0.25, 0.3) is 0 Å². The number of benzene rings is 1. The van der Waals surface area contributed by atoms with Crippen LogP contribution in [0.5, 0.6) is 5.75 Å². The largest absolute Gasteiger partial charge is 0.491 e. The van der Waals surface area contributed by atoms with Gasteiger partial charge in [0.2, 0.25) is 0 Å². The van der Waals surface area contributed by atoms with E-state index in [9.17, 15) is 13.2 Å². The number of hydrogen-bond donors (Lipinski definition) is 0. The lowest BCUT2D eigenvalue weighted by atomic mass is 10.2. The van der Waals surface area contributed by atoms with Gasteiger partial charge in [0, 0.05) is 4.47 Å². The first kappa shape index (κ1) is 12.4. The van der Waals surface area contributed by atoms with Crippen LogP contribution in [0.2, 0.25) is 0 Å². The van der Waals surface area contributed by atoms with Gasteiger partial charge in [0.05, 0.1) is 11.7 Å². The molecule has 0 aromatic heterocycles. The van der Waals surface area contributed by atoms with Crippen molar-refractivity contribution in [2.45, 2.75) is 26.1 Å². The van der Waals surface area contributed by atoms with Crippen LogP contribution in [0.4, 0.5) is 13.2 Å². The number of rotatable bonds is 2. The average molecular weight is 283 g/mol. The van der Waals surface area contributed by atoms with Gasteiger partial charge in [0.15, 0.2) is 0 Å². The second kappa shape index (κ2) is 4.43. The summed E-state index contributed by atoms with van der Waals surface area (Å²) in [5.74, 6) is 0.215. The van der Waals surface area contributed by atoms with Gasteiger partial charge in [-0.2, -0.15) is 13.2 Å². The normalized spacial score (nSPS) is 11.9. The zero-order valence-electron chi connectivity index (χ0n) is 8.23. The second-order valence-corrected chi connectivity index (χ2v) is 4.26. The van der Waals surface area contributed by atoms with E-state index in [1.807, 2.05) is 0 Å². The van der Waals surface area contributed by atoms with Crippen molar-refractivity contribution in [2.75, 3.05) is 0 Å². The molecule has 84 valence electrons. The minimum absolute atomic E-state index is 0.152. The third-order valence-electron chi connectivity index (χ3n) is 1.57. The Morgan fingerprint density at radius 2 is 1.80 bits per heavy atom. The van der Waals surface area contributed by atoms with Crippen LogP contribution >= 0.6 is 15.9 Å². The predicted molar refractivity (Wildman–Crippen MR) is 54.9 cm³/mol. The lowest BCUT2D eigenvalue weighted by Gasteiger charge is -2.13. The van der Waals surface area contributed by atoms with Crippen LogP contribution in [-0.4, -0.2) is 6.10 Å². The molecule has 1 rings (SSSR count). The molecular weight excluding hydrogens is 273 g/mol. The molecule has 1 aromatic rings. The summed E-state index contributed by atoms with van der Waals surface area (Å²) in [5, 5.41) is 0. The van der Waals surface area contributed by atoms with Gasteiger partial charge >= 0.3 is 6.18 Å². The third kappa shape index (κ3) is 3.74. The van der Waals surface area contributed by atoms with Gasteiger partial charge in [-0.05, 0) is 32.0 Å². The number of hydrogen-bond acceptors (Lipinski definition) is 1. The lowest BCUT2D eigenvalue weighted by Crippen LogP contribution is -2.09. The summed E-state index contributed by atoms with van der Waals surface area (Å²) in [6.07, 6.45) is -4.50. The standard InChI is InChI=1S/C10H10BrF3O/c1-6(2)15-9-4-7(10(12,13)14)3-8(11)5-9/h3-6H,1-2H3. The molecule has 0 unspecified atom stereocenters. The zero-order valence-corrected chi connectivity index (χ0v) is 9.82. The molecule has 0 heterocycles. The van der Waals surface area contributed by atoms with E-state index in [1.54, 1.807) is 13.8 Å². The van der Waals surface area contributed by atoms with Crippen LogP contribution in [-0.2, 0) is 6.18 Å². The van der Waals surface area contributed by atoms with E-state index in [2.05, 4.69) is 15.9 Å². The van der Waals surface area contributed by atoms with Gasteiger partial charge < -0.3 is 4.74 Å². The first-order valence-electron chi connectivity index (χ1n) is 4.33. The van der Waals surface area contributed by atoms with Crippen LogP contribution in [0.15, 0.2) is 22.7 Å². The quantitative estimate of drug-likeness (QED) is 0.788. The van der Waals surface area contributed by atoms with Gasteiger partial charge in [-0.1, -0.05) is 15.9 Å². The highest BCUT2D eigenvalue weighted by molar-refractivity contribution is 9.10. The highest BCUT2D eigenvalue weighted by Gasteiger charge is 2.31. The Morgan fingerprint density at radius 3 is 2.27 bits per heavy atom. The minimum atomic E-state index is -4.35. The fourth-order valence-corrected chi connectivity index (χ4v) is 1.54. The maximum absolute atomic E-state index is 12.4. The van der Waals surface area contributed by atoms with E-state index >= 15 is 0 Å². The monoisotopic (exact) mass is 282 g/mol. The van der Waals surface area contributed by atoms with E-state index in [0.717, 1.165) is 12.1 Å². The molecule has 0 spiro atoms. The molecule has 5 heteroatoms. The van der Waals surface area contributed by atoms with Crippen molar-refractivity contribution in [3.05, 3.63) is 28.2 Å². The summed E-state index contributed by atoms with van der Waals surface area (Å²) < 4.78 is 42.8. The maximum Gasteiger partial charge on any atom is 0.416 e. The van der Waals surface area contributed by atoms with E-state index < -0.39 is 11.7 Å². The summed E-state index contributed by atoms with van der Waals surface area (Å²) >= 11 is 3.02. The Bertz CT molecular complexity index is 347. The Labute approximate surface area is 94.4 Å². The highest BCUT2D eigenvalue weighted by Crippen LogP contribution is 2.34. The average Bonchev–Trinajstić information content (AvgIpc) is 1.99. The van der Waals surface area contributed by atoms with Gasteiger partial charge in [-0.25, -0.2) is 0 Å². The zero-order chi connectivity index (χ0) is 11.6. The summed E-state index contributed by atoms with van der Waals surface area (Å²) in [6.45, 7) is 3.52. The summed E-state index contributed by atoms with van der Waals surface area (Å²) in [4.78, 5) is 0. The molecule has 1 aromatic carbocycles. The summed E-state index contributed by atoms with van der Waals surface area (Å²) in [5.41, 5.74) is -0.715. The topological polar surface area (TPSA) is 9.23 Å². The molecule has 0 fully saturated rings. The second-order valence-electron chi connectivity index (χ2n) is 3.34. The number of alkyl halides is 3. The van der Waals surface area contributed by atoms with Gasteiger partial charge in [0.25, 0.3) is 0 Å². The van der Waals surface area contributed by atoms with E-state index in [0.29, 0.717) is 4.47 Å². The molecule has 1 nitrogen and oxygen atoms in total. The fraction of sp³-hybridized carbons (Fsp3) is 0.400. The number of ether oxygens (including phenoxy) is 1. The molecule has 0 bridgehead atoms. The maximum atomic E-state index is 12.4. The molecule has 0 saturated carbocycles. The smallest absolute Gasteiger partial charge is 0.416 e. The molecule has 0 amide bonds. The molecule has 15 heavy (non-hydrogen) atoms. The van der Waals surface area contributed by atoms with Crippen LogP contribution < -0.4 is 4.74 Å². The van der Waals surface area contributed by atoms with Crippen molar-refractivity contribution in [3.8, 4) is 5.75 Å². The lowest BCUT2D eigenvalue weighted by molar-refractivity contribution is -0.137. The van der Waals surface area contributed by atoms with E-state index in [1.165, 1.54) is 6.07 Å². The van der Waals surface area contributed by atoms with Gasteiger partial charge in [0.1, 0.15) is 5.75 Å².